The van der Waals surface area contributed by atoms with Crippen LogP contribution in [0, 0.1) is 0 Å². The molecule has 0 amide bonds. The summed E-state index contributed by atoms with van der Waals surface area (Å²) < 4.78 is 69.4. The van der Waals surface area contributed by atoms with Crippen LogP contribution in [0.1, 0.15) is 39.9 Å². The summed E-state index contributed by atoms with van der Waals surface area (Å²) in [7, 11) is 1.39. The molecule has 2 bridgehead atoms. The van der Waals surface area contributed by atoms with Crippen LogP contribution in [-0.2, 0) is 16.6 Å². The molecular weight excluding hydrogens is 294 g/mol. The Kier molecular flexibility index (Phi) is 1.51. The van der Waals surface area contributed by atoms with Crippen LogP contribution in [0.3, 0.4) is 0 Å². The van der Waals surface area contributed by atoms with E-state index in [-0.39, 0.29) is 30.0 Å². The molecule has 1 unspecified atom stereocenters. The number of aliphatic hydroxyl groups is 1. The van der Waals surface area contributed by atoms with Crippen LogP contribution in [-0.4, -0.2) is 54.2 Å². The molecule has 4 aliphatic rings. The number of hydrogen-bond donors (Lipinski definition) is 1. The maximum atomic E-state index is 13.1. The second-order valence-electron chi connectivity index (χ2n) is 6.62. The fourth-order valence-corrected chi connectivity index (χ4v) is 4.79. The maximum Gasteiger partial charge on any atom is 0.174 e. The number of ketones is 1. The fraction of sp³-hybridized carbons (Fsp3) is 0.611. The van der Waals surface area contributed by atoms with Crippen molar-refractivity contribution in [1.82, 2.24) is 4.90 Å². The van der Waals surface area contributed by atoms with Crippen LogP contribution in [0.25, 0.3) is 0 Å². The first-order valence-electron chi connectivity index (χ1n) is 11.2. The molecule has 0 radical (unpaired) electrons. The first kappa shape index (κ1) is 8.49. The molecule has 5 nitrogen and oxygen atoms in total. The number of piperidine rings is 1. The summed E-state index contributed by atoms with van der Waals surface area (Å²) in [5, 5.41) is 12.1. The van der Waals surface area contributed by atoms with E-state index in [2.05, 4.69) is 0 Å². The molecule has 1 saturated carbocycles. The summed E-state index contributed by atoms with van der Waals surface area (Å²) in [5.74, 6) is -0.463. The molecular formula is C18H21NO4. The predicted molar refractivity (Wildman–Crippen MR) is 83.0 cm³/mol. The van der Waals surface area contributed by atoms with Gasteiger partial charge in [0.05, 0.1) is 18.1 Å². The van der Waals surface area contributed by atoms with Crippen LogP contribution in [0.5, 0.6) is 11.5 Å². The van der Waals surface area contributed by atoms with Gasteiger partial charge in [0.25, 0.3) is 0 Å². The van der Waals surface area contributed by atoms with E-state index >= 15 is 0 Å². The lowest BCUT2D eigenvalue weighted by Gasteiger charge is -2.62. The standard InChI is InChI=1S/C18H21NO4/c1-19-8-7-17-14-10-3-4-12(22-2)15(14)23-16(17)11(20)5-6-18(17,21)13(19)9-10/h3-4,13,16,21H,5-9H2,1-2H3/t13-,16?,17+,18-/m1/s1/i1D3,5D2,9D2. The molecule has 5 rings (SSSR count). The minimum atomic E-state index is -2.72. The predicted octanol–water partition coefficient (Wildman–Crippen LogP) is 1.05. The molecule has 5 heteroatoms. The molecule has 1 spiro atoms. The van der Waals surface area contributed by atoms with Crippen molar-refractivity contribution in [2.45, 2.75) is 48.7 Å². The number of ether oxygens (including phenoxy) is 2. The van der Waals surface area contributed by atoms with Crippen molar-refractivity contribution in [3.63, 3.8) is 0 Å². The number of hydrogen-bond acceptors (Lipinski definition) is 5. The van der Waals surface area contributed by atoms with Crippen molar-refractivity contribution in [2.24, 2.45) is 0 Å². The van der Waals surface area contributed by atoms with E-state index < -0.39 is 55.1 Å². The molecule has 4 atom stereocenters. The number of carbonyl (C=O) groups is 1. The summed E-state index contributed by atoms with van der Waals surface area (Å²) in [5.41, 5.74) is -3.20. The lowest BCUT2D eigenvalue weighted by Crippen LogP contribution is -2.76. The van der Waals surface area contributed by atoms with E-state index in [9.17, 15) is 9.90 Å². The number of rotatable bonds is 1. The van der Waals surface area contributed by atoms with Crippen LogP contribution < -0.4 is 9.47 Å². The maximum absolute atomic E-state index is 13.1. The van der Waals surface area contributed by atoms with E-state index in [1.165, 1.54) is 19.2 Å². The molecule has 23 heavy (non-hydrogen) atoms. The highest BCUT2D eigenvalue weighted by atomic mass is 16.5. The molecule has 0 aromatic heterocycles. The van der Waals surface area contributed by atoms with Crippen LogP contribution in [0.2, 0.25) is 0 Å². The molecule has 1 saturated heterocycles. The Balaban J connectivity index is 1.90. The summed E-state index contributed by atoms with van der Waals surface area (Å²) in [6.07, 6.45) is -6.96. The van der Waals surface area contributed by atoms with E-state index in [0.717, 1.165) is 4.90 Å². The monoisotopic (exact) mass is 322 g/mol. The highest BCUT2D eigenvalue weighted by Gasteiger charge is 2.72. The largest absolute Gasteiger partial charge is 0.493 e. The first-order chi connectivity index (χ1) is 13.7. The van der Waals surface area contributed by atoms with Gasteiger partial charge in [0.1, 0.15) is 0 Å². The van der Waals surface area contributed by atoms with Gasteiger partial charge in [0, 0.05) is 27.6 Å². The number of carbonyl (C=O) groups excluding carboxylic acids is 1. The first-order valence-corrected chi connectivity index (χ1v) is 7.65. The highest BCUT2D eigenvalue weighted by molar-refractivity contribution is 5.90. The number of benzene rings is 1. The van der Waals surface area contributed by atoms with Crippen molar-refractivity contribution in [3.05, 3.63) is 23.3 Å². The van der Waals surface area contributed by atoms with Gasteiger partial charge in [-0.25, -0.2) is 0 Å². The van der Waals surface area contributed by atoms with Gasteiger partial charge in [0.15, 0.2) is 23.4 Å². The molecule has 2 heterocycles. The van der Waals surface area contributed by atoms with Gasteiger partial charge < -0.3 is 19.5 Å². The molecule has 1 N–H and O–H groups in total. The summed E-state index contributed by atoms with van der Waals surface area (Å²) in [6, 6.07) is 1.38. The topological polar surface area (TPSA) is 59.0 Å². The van der Waals surface area contributed by atoms with Gasteiger partial charge in [-0.1, -0.05) is 6.07 Å². The van der Waals surface area contributed by atoms with Gasteiger partial charge in [-0.15, -0.1) is 0 Å². The Morgan fingerprint density at radius 3 is 3.17 bits per heavy atom. The number of likely N-dealkylation sites (tertiary alicyclic amines) is 1. The number of nitrogens with zero attached hydrogens (tertiary/aromatic N) is 1. The van der Waals surface area contributed by atoms with Crippen molar-refractivity contribution >= 4 is 5.78 Å². The summed E-state index contributed by atoms with van der Waals surface area (Å²) in [6.45, 7) is -2.82. The van der Waals surface area contributed by atoms with Crippen LogP contribution in [0.15, 0.2) is 12.1 Å². The Morgan fingerprint density at radius 1 is 1.52 bits per heavy atom. The van der Waals surface area contributed by atoms with Crippen molar-refractivity contribution in [1.29, 1.82) is 0 Å². The average Bonchev–Trinajstić information content (AvgIpc) is 2.95. The SMILES string of the molecule is [2H]C1([2H])C[C@@]2(O)[C@@H]3N(C([2H])([2H])[2H])CC[C@@]24c2c(ccc(OC)c2OC4C1=O)C3([2H])[2H]. The molecule has 122 valence electrons. The van der Waals surface area contributed by atoms with Gasteiger partial charge in [-0.05, 0) is 44.4 Å². The van der Waals surface area contributed by atoms with E-state index in [0.29, 0.717) is 5.56 Å². The Labute approximate surface area is 145 Å². The van der Waals surface area contributed by atoms with Gasteiger partial charge >= 0.3 is 0 Å². The zero-order chi connectivity index (χ0) is 22.1. The highest BCUT2D eigenvalue weighted by Crippen LogP contribution is 2.64. The third-order valence-electron chi connectivity index (χ3n) is 5.82. The Bertz CT molecular complexity index is 980. The number of likely N-dealkylation sites (N-methyl/N-ethyl adjacent to an activating group) is 1. The summed E-state index contributed by atoms with van der Waals surface area (Å²) >= 11 is 0. The molecule has 2 aliphatic carbocycles. The minimum Gasteiger partial charge on any atom is -0.493 e. The molecule has 1 aromatic rings. The third kappa shape index (κ3) is 1.32. The second kappa shape index (κ2) is 4.08. The van der Waals surface area contributed by atoms with Gasteiger partial charge in [0.2, 0.25) is 0 Å². The number of Topliss-reactive ketones (excluding diaryl/α,β-unsaturated/α-hetero) is 1. The molecule has 1 aromatic carbocycles. The molecule has 2 aliphatic heterocycles. The van der Waals surface area contributed by atoms with Crippen LogP contribution >= 0.6 is 0 Å². The van der Waals surface area contributed by atoms with Crippen molar-refractivity contribution < 1.29 is 29.0 Å². The average molecular weight is 322 g/mol. The van der Waals surface area contributed by atoms with E-state index in [4.69, 9.17) is 19.1 Å². The minimum absolute atomic E-state index is 0.00806. The quantitative estimate of drug-likeness (QED) is 0.837. The Hall–Kier alpha value is -1.59. The zero-order valence-corrected chi connectivity index (χ0v) is 12.5. The lowest BCUT2D eigenvalue weighted by atomic mass is 9.49. The van der Waals surface area contributed by atoms with Gasteiger partial charge in [-0.3, -0.25) is 4.79 Å². The van der Waals surface area contributed by atoms with Crippen molar-refractivity contribution in [2.75, 3.05) is 20.6 Å². The lowest BCUT2D eigenvalue weighted by molar-refractivity contribution is -0.185. The van der Waals surface area contributed by atoms with E-state index in [1.54, 1.807) is 0 Å². The zero-order valence-electron chi connectivity index (χ0n) is 19.5. The van der Waals surface area contributed by atoms with Gasteiger partial charge in [-0.2, -0.15) is 0 Å². The Morgan fingerprint density at radius 2 is 2.39 bits per heavy atom. The van der Waals surface area contributed by atoms with Crippen LogP contribution in [0.4, 0.5) is 0 Å². The second-order valence-corrected chi connectivity index (χ2v) is 6.62. The van der Waals surface area contributed by atoms with E-state index in [1.807, 2.05) is 0 Å². The number of methoxy groups -OCH3 is 1. The normalized spacial score (nSPS) is 50.0. The smallest absolute Gasteiger partial charge is 0.174 e. The summed E-state index contributed by atoms with van der Waals surface area (Å²) in [4.78, 5) is 14.0. The molecule has 2 fully saturated rings. The third-order valence-corrected chi connectivity index (χ3v) is 5.82. The van der Waals surface area contributed by atoms with Crippen molar-refractivity contribution in [3.8, 4) is 11.5 Å². The fourth-order valence-electron chi connectivity index (χ4n) is 4.79.